The van der Waals surface area contributed by atoms with Gasteiger partial charge in [-0.05, 0) is 42.8 Å². The van der Waals surface area contributed by atoms with Gasteiger partial charge in [0.15, 0.2) is 0 Å². The van der Waals surface area contributed by atoms with Crippen LogP contribution in [0, 0.1) is 0 Å². The molecule has 6 nitrogen and oxygen atoms in total. The SMILES string of the molecule is CCN(c1ccccc1)S(=O)(=O)c1ccc(NCCc2ccc(OC)cc2)[nH+]c1. The van der Waals surface area contributed by atoms with Crippen LogP contribution in [0.2, 0.25) is 0 Å². The molecule has 152 valence electrons. The minimum atomic E-state index is -3.63. The van der Waals surface area contributed by atoms with Gasteiger partial charge in [0.2, 0.25) is 0 Å². The zero-order valence-electron chi connectivity index (χ0n) is 16.6. The molecule has 0 atom stereocenters. The Balaban J connectivity index is 1.64. The maximum Gasteiger partial charge on any atom is 0.272 e. The fourth-order valence-corrected chi connectivity index (χ4v) is 4.47. The Morgan fingerprint density at radius 3 is 2.31 bits per heavy atom. The van der Waals surface area contributed by atoms with Crippen LogP contribution in [0.15, 0.2) is 77.8 Å². The van der Waals surface area contributed by atoms with E-state index in [4.69, 9.17) is 4.74 Å². The minimum Gasteiger partial charge on any atom is -0.497 e. The smallest absolute Gasteiger partial charge is 0.272 e. The molecule has 3 rings (SSSR count). The van der Waals surface area contributed by atoms with Gasteiger partial charge in [-0.1, -0.05) is 30.3 Å². The largest absolute Gasteiger partial charge is 0.497 e. The lowest BCUT2D eigenvalue weighted by Gasteiger charge is -2.22. The first-order chi connectivity index (χ1) is 14.0. The van der Waals surface area contributed by atoms with E-state index in [0.29, 0.717) is 12.2 Å². The first-order valence-corrected chi connectivity index (χ1v) is 10.9. The van der Waals surface area contributed by atoms with Crippen molar-refractivity contribution in [3.63, 3.8) is 0 Å². The maximum atomic E-state index is 13.0. The number of aromatic nitrogens is 1. The van der Waals surface area contributed by atoms with Gasteiger partial charge in [0, 0.05) is 19.0 Å². The molecular weight excluding hydrogens is 386 g/mol. The molecule has 2 N–H and O–H groups in total. The summed E-state index contributed by atoms with van der Waals surface area (Å²) in [6.07, 6.45) is 2.37. The van der Waals surface area contributed by atoms with Crippen LogP contribution in [0.25, 0.3) is 0 Å². The van der Waals surface area contributed by atoms with Gasteiger partial charge in [-0.2, -0.15) is 0 Å². The molecular formula is C22H26N3O3S+. The van der Waals surface area contributed by atoms with E-state index >= 15 is 0 Å². The predicted octanol–water partition coefficient (Wildman–Crippen LogP) is 3.38. The normalized spacial score (nSPS) is 11.1. The highest BCUT2D eigenvalue weighted by molar-refractivity contribution is 7.92. The summed E-state index contributed by atoms with van der Waals surface area (Å²) in [6.45, 7) is 2.90. The van der Waals surface area contributed by atoms with Crippen LogP contribution in [-0.4, -0.2) is 28.6 Å². The highest BCUT2D eigenvalue weighted by atomic mass is 32.2. The maximum absolute atomic E-state index is 13.0. The van der Waals surface area contributed by atoms with Crippen LogP contribution >= 0.6 is 0 Å². The molecule has 0 saturated heterocycles. The monoisotopic (exact) mass is 412 g/mol. The molecule has 0 bridgehead atoms. The van der Waals surface area contributed by atoms with E-state index in [1.54, 1.807) is 31.4 Å². The Kier molecular flexibility index (Phi) is 6.72. The van der Waals surface area contributed by atoms with Crippen molar-refractivity contribution in [2.45, 2.75) is 18.2 Å². The molecule has 0 aliphatic heterocycles. The second-order valence-electron chi connectivity index (χ2n) is 6.47. The average molecular weight is 413 g/mol. The molecule has 0 saturated carbocycles. The van der Waals surface area contributed by atoms with Gasteiger partial charge in [-0.15, -0.1) is 0 Å². The quantitative estimate of drug-likeness (QED) is 0.585. The third-order valence-corrected chi connectivity index (χ3v) is 6.49. The van der Waals surface area contributed by atoms with Crippen LogP contribution in [0.5, 0.6) is 5.75 Å². The third kappa shape index (κ3) is 5.06. The highest BCUT2D eigenvalue weighted by Crippen LogP contribution is 2.22. The van der Waals surface area contributed by atoms with E-state index in [-0.39, 0.29) is 4.90 Å². The Morgan fingerprint density at radius 2 is 1.72 bits per heavy atom. The van der Waals surface area contributed by atoms with E-state index < -0.39 is 10.0 Å². The van der Waals surface area contributed by atoms with Crippen LogP contribution in [-0.2, 0) is 16.4 Å². The lowest BCUT2D eigenvalue weighted by molar-refractivity contribution is -0.364. The average Bonchev–Trinajstić information content (AvgIpc) is 2.76. The Bertz CT molecular complexity index is 1010. The Labute approximate surface area is 172 Å². The first-order valence-electron chi connectivity index (χ1n) is 9.51. The number of hydrogen-bond donors (Lipinski definition) is 1. The molecule has 0 amide bonds. The van der Waals surface area contributed by atoms with Crippen LogP contribution in [0.3, 0.4) is 0 Å². The molecule has 1 aromatic heterocycles. The number of aromatic amines is 1. The van der Waals surface area contributed by atoms with Crippen LogP contribution in [0.1, 0.15) is 12.5 Å². The summed E-state index contributed by atoms with van der Waals surface area (Å²) in [7, 11) is -1.98. The van der Waals surface area contributed by atoms with Crippen molar-refractivity contribution in [2.75, 3.05) is 29.8 Å². The third-order valence-electron chi connectivity index (χ3n) is 4.59. The first kappa shape index (κ1) is 20.7. The molecule has 2 aromatic carbocycles. The van der Waals surface area contributed by atoms with Gasteiger partial charge in [-0.3, -0.25) is 9.62 Å². The van der Waals surface area contributed by atoms with Crippen molar-refractivity contribution < 1.29 is 18.1 Å². The number of rotatable bonds is 9. The molecule has 0 fully saturated rings. The van der Waals surface area contributed by atoms with Crippen molar-refractivity contribution in [1.82, 2.24) is 0 Å². The molecule has 7 heteroatoms. The summed E-state index contributed by atoms with van der Waals surface area (Å²) < 4.78 is 32.6. The summed E-state index contributed by atoms with van der Waals surface area (Å²) in [5.41, 5.74) is 1.84. The zero-order valence-corrected chi connectivity index (χ0v) is 17.4. The van der Waals surface area contributed by atoms with Gasteiger partial charge in [0.05, 0.1) is 19.3 Å². The zero-order chi connectivity index (χ0) is 20.7. The summed E-state index contributed by atoms with van der Waals surface area (Å²) in [5.74, 6) is 1.60. The number of para-hydroxylation sites is 1. The van der Waals surface area contributed by atoms with Gasteiger partial charge >= 0.3 is 0 Å². The number of hydrogen-bond acceptors (Lipinski definition) is 4. The number of pyridine rings is 1. The molecule has 0 unspecified atom stereocenters. The second kappa shape index (κ2) is 9.43. The van der Waals surface area contributed by atoms with E-state index in [9.17, 15) is 8.42 Å². The van der Waals surface area contributed by atoms with Gasteiger partial charge < -0.3 is 4.74 Å². The lowest BCUT2D eigenvalue weighted by Crippen LogP contribution is -2.31. The van der Waals surface area contributed by atoms with Crippen molar-refractivity contribution >= 4 is 21.5 Å². The summed E-state index contributed by atoms with van der Waals surface area (Å²) in [4.78, 5) is 3.27. The minimum absolute atomic E-state index is 0.226. The number of nitrogens with one attached hydrogen (secondary N) is 2. The molecule has 0 aliphatic rings. The van der Waals surface area contributed by atoms with Crippen LogP contribution in [0.4, 0.5) is 11.5 Å². The van der Waals surface area contributed by atoms with E-state index in [2.05, 4.69) is 10.3 Å². The predicted molar refractivity (Wildman–Crippen MR) is 115 cm³/mol. The molecule has 29 heavy (non-hydrogen) atoms. The summed E-state index contributed by atoms with van der Waals surface area (Å²) in [5, 5.41) is 3.28. The van der Waals surface area contributed by atoms with E-state index in [0.717, 1.165) is 24.5 Å². The fourth-order valence-electron chi connectivity index (χ4n) is 3.03. The number of nitrogens with zero attached hydrogens (tertiary/aromatic N) is 1. The Hall–Kier alpha value is -3.06. The van der Waals surface area contributed by atoms with Gasteiger partial charge in [-0.25, -0.2) is 13.4 Å². The molecule has 0 aliphatic carbocycles. The number of ether oxygens (including phenoxy) is 1. The second-order valence-corrected chi connectivity index (χ2v) is 8.33. The number of H-pyrrole nitrogens is 1. The molecule has 0 radical (unpaired) electrons. The summed E-state index contributed by atoms with van der Waals surface area (Å²) in [6, 6.07) is 20.4. The topological polar surface area (TPSA) is 72.8 Å². The van der Waals surface area contributed by atoms with E-state index in [1.807, 2.05) is 49.4 Å². The van der Waals surface area contributed by atoms with Crippen molar-refractivity contribution in [1.29, 1.82) is 0 Å². The highest BCUT2D eigenvalue weighted by Gasteiger charge is 2.24. The number of methoxy groups -OCH3 is 1. The summed E-state index contributed by atoms with van der Waals surface area (Å²) >= 11 is 0. The van der Waals surface area contributed by atoms with Gasteiger partial charge in [0.25, 0.3) is 15.8 Å². The van der Waals surface area contributed by atoms with Crippen molar-refractivity contribution in [3.05, 3.63) is 78.5 Å². The molecule has 1 heterocycles. The Morgan fingerprint density at radius 1 is 1.00 bits per heavy atom. The van der Waals surface area contributed by atoms with Gasteiger partial charge in [0.1, 0.15) is 16.8 Å². The van der Waals surface area contributed by atoms with E-state index in [1.165, 1.54) is 16.1 Å². The molecule has 0 spiro atoms. The lowest BCUT2D eigenvalue weighted by atomic mass is 10.1. The molecule has 3 aromatic rings. The number of benzene rings is 2. The van der Waals surface area contributed by atoms with Crippen LogP contribution < -0.4 is 19.3 Å². The standard InChI is InChI=1S/C22H25N3O3S/c1-3-25(19-7-5-4-6-8-19)29(26,27)21-13-14-22(24-17-21)23-16-15-18-9-11-20(28-2)12-10-18/h4-14,17H,3,15-16H2,1-2H3,(H,23,24)/p+1. The van der Waals surface area contributed by atoms with Crippen molar-refractivity contribution in [3.8, 4) is 5.75 Å². The number of anilines is 2. The van der Waals surface area contributed by atoms with Crippen molar-refractivity contribution in [2.24, 2.45) is 0 Å². The number of sulfonamides is 1. The fraction of sp³-hybridized carbons (Fsp3) is 0.227.